The van der Waals surface area contributed by atoms with Gasteiger partial charge in [-0.2, -0.15) is 0 Å². The van der Waals surface area contributed by atoms with E-state index in [2.05, 4.69) is 10.6 Å². The Kier molecular flexibility index (Phi) is 6.92. The summed E-state index contributed by atoms with van der Waals surface area (Å²) in [4.78, 5) is 25.8. The second-order valence-corrected chi connectivity index (χ2v) is 7.40. The van der Waals surface area contributed by atoms with Gasteiger partial charge in [-0.1, -0.05) is 35.9 Å². The fourth-order valence-corrected chi connectivity index (χ4v) is 3.51. The number of hydrogen-bond acceptors (Lipinski definition) is 4. The van der Waals surface area contributed by atoms with E-state index in [-0.39, 0.29) is 17.6 Å². The highest BCUT2D eigenvalue weighted by Crippen LogP contribution is 2.24. The van der Waals surface area contributed by atoms with E-state index in [4.69, 9.17) is 4.74 Å². The number of aryl methyl sites for hydroxylation is 1. The summed E-state index contributed by atoms with van der Waals surface area (Å²) >= 11 is 1.32. The van der Waals surface area contributed by atoms with Crippen molar-refractivity contribution in [2.24, 2.45) is 0 Å². The molecule has 2 N–H and O–H groups in total. The highest BCUT2D eigenvalue weighted by atomic mass is 32.2. The van der Waals surface area contributed by atoms with E-state index in [0.29, 0.717) is 17.0 Å². The monoisotopic (exact) mass is 406 g/mol. The molecule has 0 aliphatic heterocycles. The van der Waals surface area contributed by atoms with Crippen LogP contribution in [0.4, 0.5) is 11.4 Å². The van der Waals surface area contributed by atoms with E-state index in [1.165, 1.54) is 11.8 Å². The Morgan fingerprint density at radius 3 is 2.41 bits per heavy atom. The van der Waals surface area contributed by atoms with Gasteiger partial charge in [0.25, 0.3) is 5.91 Å². The Balaban J connectivity index is 1.63. The Bertz CT molecular complexity index is 1000. The van der Waals surface area contributed by atoms with Gasteiger partial charge >= 0.3 is 0 Å². The fraction of sp³-hybridized carbons (Fsp3) is 0.130. The minimum absolute atomic E-state index is 0.156. The van der Waals surface area contributed by atoms with Crippen LogP contribution in [0.25, 0.3) is 0 Å². The maximum atomic E-state index is 12.7. The average Bonchev–Trinajstić information content (AvgIpc) is 2.74. The van der Waals surface area contributed by atoms with Crippen molar-refractivity contribution in [1.29, 1.82) is 0 Å². The van der Waals surface area contributed by atoms with Gasteiger partial charge < -0.3 is 15.4 Å². The molecule has 0 saturated carbocycles. The summed E-state index contributed by atoms with van der Waals surface area (Å²) in [5.74, 6) is 0.502. The van der Waals surface area contributed by atoms with Crippen molar-refractivity contribution in [3.63, 3.8) is 0 Å². The van der Waals surface area contributed by atoms with Crippen molar-refractivity contribution in [3.05, 3.63) is 83.9 Å². The number of ether oxygens (including phenoxy) is 1. The van der Waals surface area contributed by atoms with E-state index in [1.54, 1.807) is 25.3 Å². The number of methoxy groups -OCH3 is 1. The second kappa shape index (κ2) is 9.80. The molecule has 0 radical (unpaired) electrons. The van der Waals surface area contributed by atoms with Gasteiger partial charge in [0.15, 0.2) is 0 Å². The van der Waals surface area contributed by atoms with Crippen LogP contribution < -0.4 is 15.4 Å². The van der Waals surface area contributed by atoms with Crippen molar-refractivity contribution in [2.75, 3.05) is 23.5 Å². The Hall–Kier alpha value is -3.25. The minimum atomic E-state index is -0.204. The number of anilines is 2. The molecule has 5 nitrogen and oxygen atoms in total. The normalized spacial score (nSPS) is 10.3. The van der Waals surface area contributed by atoms with Crippen LogP contribution in [0.3, 0.4) is 0 Å². The van der Waals surface area contributed by atoms with E-state index in [1.807, 2.05) is 61.5 Å². The van der Waals surface area contributed by atoms with Gasteiger partial charge in [0.1, 0.15) is 5.75 Å². The largest absolute Gasteiger partial charge is 0.497 e. The Labute approximate surface area is 174 Å². The lowest BCUT2D eigenvalue weighted by atomic mass is 10.2. The van der Waals surface area contributed by atoms with E-state index < -0.39 is 0 Å². The number of rotatable bonds is 7. The standard InChI is InChI=1S/C23H22N2O3S/c1-16-10-12-17(13-11-16)25-23(27)20-8-3-4-9-21(20)29-15-22(26)24-18-6-5-7-19(14-18)28-2/h3-14H,15H2,1-2H3,(H,24,26)(H,25,27). The molecule has 0 fully saturated rings. The molecule has 3 aromatic carbocycles. The fourth-order valence-electron chi connectivity index (χ4n) is 2.66. The van der Waals surface area contributed by atoms with Gasteiger partial charge in [-0.15, -0.1) is 11.8 Å². The van der Waals surface area contributed by atoms with Crippen molar-refractivity contribution in [2.45, 2.75) is 11.8 Å². The van der Waals surface area contributed by atoms with Crippen molar-refractivity contribution < 1.29 is 14.3 Å². The molecule has 0 atom stereocenters. The van der Waals surface area contributed by atoms with Crippen LogP contribution in [-0.4, -0.2) is 24.7 Å². The summed E-state index contributed by atoms with van der Waals surface area (Å²) < 4.78 is 5.16. The predicted molar refractivity (Wildman–Crippen MR) is 118 cm³/mol. The predicted octanol–water partition coefficient (Wildman–Crippen LogP) is 4.99. The summed E-state index contributed by atoms with van der Waals surface area (Å²) in [6.07, 6.45) is 0. The number of hydrogen-bond donors (Lipinski definition) is 2. The molecular formula is C23H22N2O3S. The number of amides is 2. The van der Waals surface area contributed by atoms with E-state index in [0.717, 1.165) is 16.1 Å². The molecule has 0 spiro atoms. The number of thioether (sulfide) groups is 1. The van der Waals surface area contributed by atoms with Gasteiger partial charge in [0.05, 0.1) is 18.4 Å². The molecule has 0 aliphatic carbocycles. The first kappa shape index (κ1) is 20.5. The Morgan fingerprint density at radius 2 is 1.66 bits per heavy atom. The van der Waals surface area contributed by atoms with Crippen LogP contribution in [0.1, 0.15) is 15.9 Å². The van der Waals surface area contributed by atoms with Gasteiger partial charge in [0, 0.05) is 22.3 Å². The molecule has 0 saturated heterocycles. The van der Waals surface area contributed by atoms with Crippen LogP contribution >= 0.6 is 11.8 Å². The molecular weight excluding hydrogens is 384 g/mol. The second-order valence-electron chi connectivity index (χ2n) is 6.39. The third kappa shape index (κ3) is 5.86. The zero-order valence-electron chi connectivity index (χ0n) is 16.3. The molecule has 2 amide bonds. The lowest BCUT2D eigenvalue weighted by molar-refractivity contribution is -0.113. The first-order valence-corrected chi connectivity index (χ1v) is 10.1. The van der Waals surface area contributed by atoms with Crippen LogP contribution in [-0.2, 0) is 4.79 Å². The summed E-state index contributed by atoms with van der Waals surface area (Å²) in [5, 5.41) is 5.74. The smallest absolute Gasteiger partial charge is 0.256 e. The number of carbonyl (C=O) groups is 2. The molecule has 3 aromatic rings. The summed E-state index contributed by atoms with van der Waals surface area (Å²) in [6, 6.07) is 22.1. The number of nitrogens with one attached hydrogen (secondary N) is 2. The van der Waals surface area contributed by atoms with Crippen LogP contribution in [0, 0.1) is 6.92 Å². The molecule has 0 heterocycles. The summed E-state index contributed by atoms with van der Waals surface area (Å²) in [5.41, 5.74) is 3.06. The molecule has 0 aromatic heterocycles. The molecule has 29 heavy (non-hydrogen) atoms. The first-order valence-electron chi connectivity index (χ1n) is 9.09. The molecule has 6 heteroatoms. The molecule has 0 bridgehead atoms. The highest BCUT2D eigenvalue weighted by Gasteiger charge is 2.13. The van der Waals surface area contributed by atoms with Crippen molar-refractivity contribution >= 4 is 35.0 Å². The minimum Gasteiger partial charge on any atom is -0.497 e. The third-order valence-corrected chi connectivity index (χ3v) is 5.23. The summed E-state index contributed by atoms with van der Waals surface area (Å²) in [6.45, 7) is 1.99. The Morgan fingerprint density at radius 1 is 0.897 bits per heavy atom. The summed E-state index contributed by atoms with van der Waals surface area (Å²) in [7, 11) is 1.58. The van der Waals surface area contributed by atoms with Gasteiger partial charge in [-0.05, 0) is 43.3 Å². The maximum absolute atomic E-state index is 12.7. The number of benzene rings is 3. The van der Waals surface area contributed by atoms with Gasteiger partial charge in [0.2, 0.25) is 5.91 Å². The highest BCUT2D eigenvalue weighted by molar-refractivity contribution is 8.00. The zero-order valence-corrected chi connectivity index (χ0v) is 17.1. The average molecular weight is 407 g/mol. The third-order valence-electron chi connectivity index (χ3n) is 4.15. The van der Waals surface area contributed by atoms with Gasteiger partial charge in [-0.25, -0.2) is 0 Å². The topological polar surface area (TPSA) is 67.4 Å². The molecule has 3 rings (SSSR count). The lowest BCUT2D eigenvalue weighted by Crippen LogP contribution is -2.16. The van der Waals surface area contributed by atoms with E-state index >= 15 is 0 Å². The van der Waals surface area contributed by atoms with Crippen LogP contribution in [0.2, 0.25) is 0 Å². The van der Waals surface area contributed by atoms with Crippen molar-refractivity contribution in [3.8, 4) is 5.75 Å². The maximum Gasteiger partial charge on any atom is 0.256 e. The molecule has 0 unspecified atom stereocenters. The lowest BCUT2D eigenvalue weighted by Gasteiger charge is -2.11. The number of carbonyl (C=O) groups excluding carboxylic acids is 2. The zero-order chi connectivity index (χ0) is 20.6. The molecule has 148 valence electrons. The molecule has 0 aliphatic rings. The quantitative estimate of drug-likeness (QED) is 0.543. The van der Waals surface area contributed by atoms with E-state index in [9.17, 15) is 9.59 Å². The van der Waals surface area contributed by atoms with Gasteiger partial charge in [-0.3, -0.25) is 9.59 Å². The van der Waals surface area contributed by atoms with Crippen LogP contribution in [0.5, 0.6) is 5.75 Å². The SMILES string of the molecule is COc1cccc(NC(=O)CSc2ccccc2C(=O)Nc2ccc(C)cc2)c1. The first-order chi connectivity index (χ1) is 14.0. The van der Waals surface area contributed by atoms with Crippen molar-refractivity contribution in [1.82, 2.24) is 0 Å². The van der Waals surface area contributed by atoms with Crippen LogP contribution in [0.15, 0.2) is 77.7 Å².